The fourth-order valence-corrected chi connectivity index (χ4v) is 1.79. The summed E-state index contributed by atoms with van der Waals surface area (Å²) in [6, 6.07) is 7.62. The van der Waals surface area contributed by atoms with Crippen molar-refractivity contribution in [3.05, 3.63) is 29.8 Å². The zero-order valence-electron chi connectivity index (χ0n) is 9.40. The number of ether oxygens (including phenoxy) is 2. The van der Waals surface area contributed by atoms with E-state index in [1.54, 1.807) is 14.0 Å². The van der Waals surface area contributed by atoms with Crippen LogP contribution < -0.4 is 4.74 Å². The Morgan fingerprint density at radius 1 is 1.38 bits per heavy atom. The van der Waals surface area contributed by atoms with Gasteiger partial charge in [-0.15, -0.1) is 0 Å². The van der Waals surface area contributed by atoms with Gasteiger partial charge < -0.3 is 9.47 Å². The lowest BCUT2D eigenvalue weighted by molar-refractivity contribution is -0.142. The van der Waals surface area contributed by atoms with Gasteiger partial charge in [0.2, 0.25) is 0 Å². The van der Waals surface area contributed by atoms with Crippen LogP contribution in [-0.2, 0) is 16.0 Å². The predicted molar refractivity (Wildman–Crippen MR) is 66.0 cm³/mol. The number of carbonyl (C=O) groups is 1. The molecule has 0 fully saturated rings. The van der Waals surface area contributed by atoms with E-state index in [9.17, 15) is 4.79 Å². The first kappa shape index (κ1) is 13.0. The maximum Gasteiger partial charge on any atom is 0.320 e. The molecular weight excluding hydrogens is 272 g/mol. The number of esters is 1. The van der Waals surface area contributed by atoms with Gasteiger partial charge >= 0.3 is 5.97 Å². The third kappa shape index (κ3) is 3.85. The minimum Gasteiger partial charge on any atom is -0.497 e. The molecule has 1 rings (SSSR count). The highest BCUT2D eigenvalue weighted by Gasteiger charge is 2.16. The number of halogens is 1. The van der Waals surface area contributed by atoms with Crippen LogP contribution >= 0.6 is 15.9 Å². The van der Waals surface area contributed by atoms with Crippen LogP contribution in [0.25, 0.3) is 0 Å². The number of hydrogen-bond acceptors (Lipinski definition) is 3. The summed E-state index contributed by atoms with van der Waals surface area (Å²) in [5.74, 6) is 0.587. The second-order valence-electron chi connectivity index (χ2n) is 3.27. The molecular formula is C12H15BrO3. The Balaban J connectivity index is 2.55. The Bertz CT molecular complexity index is 335. The minimum absolute atomic E-state index is 0.224. The molecule has 0 heterocycles. The zero-order valence-corrected chi connectivity index (χ0v) is 11.0. The van der Waals surface area contributed by atoms with Gasteiger partial charge in [-0.3, -0.25) is 4.79 Å². The van der Waals surface area contributed by atoms with Gasteiger partial charge in [0.05, 0.1) is 13.7 Å². The molecule has 0 bridgehead atoms. The van der Waals surface area contributed by atoms with Gasteiger partial charge in [-0.25, -0.2) is 0 Å². The molecule has 1 aromatic carbocycles. The second-order valence-corrected chi connectivity index (χ2v) is 4.38. The summed E-state index contributed by atoms with van der Waals surface area (Å²) in [6.07, 6.45) is 0.614. The SMILES string of the molecule is CCOC(=O)C(Br)Cc1ccc(OC)cc1. The van der Waals surface area contributed by atoms with E-state index in [0.29, 0.717) is 13.0 Å². The van der Waals surface area contributed by atoms with Gasteiger partial charge in [0, 0.05) is 0 Å². The molecule has 3 nitrogen and oxygen atoms in total. The summed E-state index contributed by atoms with van der Waals surface area (Å²) in [6.45, 7) is 2.20. The van der Waals surface area contributed by atoms with Crippen molar-refractivity contribution in [2.75, 3.05) is 13.7 Å². The topological polar surface area (TPSA) is 35.5 Å². The lowest BCUT2D eigenvalue weighted by atomic mass is 10.1. The van der Waals surface area contributed by atoms with Gasteiger partial charge in [0.25, 0.3) is 0 Å². The van der Waals surface area contributed by atoms with Crippen LogP contribution in [0.1, 0.15) is 12.5 Å². The van der Waals surface area contributed by atoms with E-state index in [-0.39, 0.29) is 10.8 Å². The van der Waals surface area contributed by atoms with Crippen molar-refractivity contribution < 1.29 is 14.3 Å². The number of methoxy groups -OCH3 is 1. The van der Waals surface area contributed by atoms with Crippen LogP contribution in [0.15, 0.2) is 24.3 Å². The van der Waals surface area contributed by atoms with E-state index in [1.807, 2.05) is 24.3 Å². The highest BCUT2D eigenvalue weighted by molar-refractivity contribution is 9.10. The van der Waals surface area contributed by atoms with Crippen LogP contribution in [0.4, 0.5) is 0 Å². The molecule has 16 heavy (non-hydrogen) atoms. The van der Waals surface area contributed by atoms with Crippen molar-refractivity contribution in [1.82, 2.24) is 0 Å². The highest BCUT2D eigenvalue weighted by Crippen LogP contribution is 2.15. The Morgan fingerprint density at radius 2 is 2.00 bits per heavy atom. The van der Waals surface area contributed by atoms with E-state index in [1.165, 1.54) is 0 Å². The average Bonchev–Trinajstić information content (AvgIpc) is 2.30. The summed E-state index contributed by atoms with van der Waals surface area (Å²) < 4.78 is 9.97. The highest BCUT2D eigenvalue weighted by atomic mass is 79.9. The molecule has 0 spiro atoms. The van der Waals surface area contributed by atoms with Crippen molar-refractivity contribution in [3.8, 4) is 5.75 Å². The standard InChI is InChI=1S/C12H15BrO3/c1-3-16-12(14)11(13)8-9-4-6-10(15-2)7-5-9/h4-7,11H,3,8H2,1-2H3. The molecule has 0 aromatic heterocycles. The quantitative estimate of drug-likeness (QED) is 0.617. The lowest BCUT2D eigenvalue weighted by Crippen LogP contribution is -2.19. The molecule has 88 valence electrons. The van der Waals surface area contributed by atoms with Crippen LogP contribution in [0.2, 0.25) is 0 Å². The molecule has 0 aliphatic carbocycles. The van der Waals surface area contributed by atoms with Crippen LogP contribution in [0.3, 0.4) is 0 Å². The van der Waals surface area contributed by atoms with Gasteiger partial charge in [-0.1, -0.05) is 28.1 Å². The maximum atomic E-state index is 11.4. The van der Waals surface area contributed by atoms with Gasteiger partial charge in [-0.2, -0.15) is 0 Å². The Morgan fingerprint density at radius 3 is 2.50 bits per heavy atom. The maximum absolute atomic E-state index is 11.4. The molecule has 0 radical (unpaired) electrons. The Labute approximate surface area is 104 Å². The summed E-state index contributed by atoms with van der Waals surface area (Å²) in [4.78, 5) is 11.1. The first-order chi connectivity index (χ1) is 7.67. The third-order valence-electron chi connectivity index (χ3n) is 2.12. The van der Waals surface area contributed by atoms with Crippen molar-refractivity contribution in [1.29, 1.82) is 0 Å². The second kappa shape index (κ2) is 6.53. The average molecular weight is 287 g/mol. The van der Waals surface area contributed by atoms with Gasteiger partial charge in [0.1, 0.15) is 10.6 Å². The van der Waals surface area contributed by atoms with E-state index >= 15 is 0 Å². The number of hydrogen-bond donors (Lipinski definition) is 0. The van der Waals surface area contributed by atoms with Crippen molar-refractivity contribution >= 4 is 21.9 Å². The normalized spacial score (nSPS) is 11.9. The lowest BCUT2D eigenvalue weighted by Gasteiger charge is -2.09. The molecule has 0 aliphatic heterocycles. The first-order valence-corrected chi connectivity index (χ1v) is 6.02. The molecule has 0 saturated carbocycles. The summed E-state index contributed by atoms with van der Waals surface area (Å²) in [5, 5.41) is 0. The molecule has 1 atom stereocenters. The number of benzene rings is 1. The largest absolute Gasteiger partial charge is 0.497 e. The summed E-state index contributed by atoms with van der Waals surface area (Å²) >= 11 is 3.31. The van der Waals surface area contributed by atoms with Gasteiger partial charge in [-0.05, 0) is 31.0 Å². The molecule has 0 aliphatic rings. The minimum atomic E-state index is -0.291. The van der Waals surface area contributed by atoms with E-state index in [2.05, 4.69) is 15.9 Å². The molecule has 0 saturated heterocycles. The van der Waals surface area contributed by atoms with Crippen molar-refractivity contribution in [2.45, 2.75) is 18.2 Å². The van der Waals surface area contributed by atoms with E-state index in [0.717, 1.165) is 11.3 Å². The fourth-order valence-electron chi connectivity index (χ4n) is 1.28. The van der Waals surface area contributed by atoms with E-state index < -0.39 is 0 Å². The molecule has 4 heteroatoms. The van der Waals surface area contributed by atoms with E-state index in [4.69, 9.17) is 9.47 Å². The number of carbonyl (C=O) groups excluding carboxylic acids is 1. The van der Waals surface area contributed by atoms with Crippen LogP contribution in [-0.4, -0.2) is 24.5 Å². The van der Waals surface area contributed by atoms with Crippen molar-refractivity contribution in [2.24, 2.45) is 0 Å². The zero-order chi connectivity index (χ0) is 12.0. The monoisotopic (exact) mass is 286 g/mol. The third-order valence-corrected chi connectivity index (χ3v) is 2.81. The molecule has 0 N–H and O–H groups in total. The fraction of sp³-hybridized carbons (Fsp3) is 0.417. The Hall–Kier alpha value is -1.03. The van der Waals surface area contributed by atoms with Crippen molar-refractivity contribution in [3.63, 3.8) is 0 Å². The summed E-state index contributed by atoms with van der Waals surface area (Å²) in [5.41, 5.74) is 1.07. The molecule has 1 aromatic rings. The smallest absolute Gasteiger partial charge is 0.320 e. The number of rotatable bonds is 5. The van der Waals surface area contributed by atoms with Gasteiger partial charge in [0.15, 0.2) is 0 Å². The number of alkyl halides is 1. The Kier molecular flexibility index (Phi) is 5.32. The van der Waals surface area contributed by atoms with Crippen LogP contribution in [0, 0.1) is 0 Å². The molecule has 1 unspecified atom stereocenters. The first-order valence-electron chi connectivity index (χ1n) is 5.11. The molecule has 0 amide bonds. The summed E-state index contributed by atoms with van der Waals surface area (Å²) in [7, 11) is 1.63. The van der Waals surface area contributed by atoms with Crippen LogP contribution in [0.5, 0.6) is 5.75 Å². The predicted octanol–water partition coefficient (Wildman–Crippen LogP) is 2.56.